The number of ether oxygens (including phenoxy) is 1. The van der Waals surface area contributed by atoms with Crippen molar-refractivity contribution in [2.45, 2.75) is 84.5 Å². The van der Waals surface area contributed by atoms with Crippen molar-refractivity contribution in [1.82, 2.24) is 9.80 Å². The van der Waals surface area contributed by atoms with Crippen molar-refractivity contribution in [3.63, 3.8) is 0 Å². The molecule has 0 aromatic rings. The zero-order valence-corrected chi connectivity index (χ0v) is 15.9. The third-order valence-corrected chi connectivity index (χ3v) is 5.59. The summed E-state index contributed by atoms with van der Waals surface area (Å²) in [5.41, 5.74) is 1.37. The van der Waals surface area contributed by atoms with E-state index in [-0.39, 0.29) is 0 Å². The molecular formula is C20H38N2O. The average Bonchev–Trinajstić information content (AvgIpc) is 2.53. The van der Waals surface area contributed by atoms with E-state index in [0.29, 0.717) is 18.2 Å². The van der Waals surface area contributed by atoms with Crippen LogP contribution >= 0.6 is 0 Å². The molecule has 0 radical (unpaired) electrons. The molecule has 2 rings (SSSR count). The predicted octanol–water partition coefficient (Wildman–Crippen LogP) is 4.29. The molecule has 0 amide bonds. The fourth-order valence-electron chi connectivity index (χ4n) is 4.02. The molecule has 1 saturated carbocycles. The van der Waals surface area contributed by atoms with Crippen LogP contribution in [0.25, 0.3) is 0 Å². The highest BCUT2D eigenvalue weighted by molar-refractivity contribution is 4.97. The minimum atomic E-state index is 0.376. The first-order valence-corrected chi connectivity index (χ1v) is 9.78. The highest BCUT2D eigenvalue weighted by Crippen LogP contribution is 2.31. The van der Waals surface area contributed by atoms with E-state index in [1.165, 1.54) is 57.3 Å². The third kappa shape index (κ3) is 6.11. The maximum absolute atomic E-state index is 5.96. The van der Waals surface area contributed by atoms with Gasteiger partial charge in [-0.15, -0.1) is 0 Å². The Morgan fingerprint density at radius 2 is 1.61 bits per heavy atom. The Hall–Kier alpha value is -0.540. The van der Waals surface area contributed by atoms with Crippen molar-refractivity contribution in [3.8, 4) is 0 Å². The Kier molecular flexibility index (Phi) is 7.42. The summed E-state index contributed by atoms with van der Waals surface area (Å²) < 4.78 is 5.96. The standard InChI is InChI=1S/C20H38N2O/c1-16(2)21-12-14-22(15-13-21)18(5)6-7-19-8-10-20(11-9-19)23-17(3)4/h16-17,19-20H,5-15H2,1-4H3. The van der Waals surface area contributed by atoms with Crippen molar-refractivity contribution < 1.29 is 4.74 Å². The molecule has 1 aliphatic heterocycles. The van der Waals surface area contributed by atoms with Gasteiger partial charge < -0.3 is 9.64 Å². The van der Waals surface area contributed by atoms with Crippen LogP contribution in [0.3, 0.4) is 0 Å². The molecule has 0 atom stereocenters. The SMILES string of the molecule is C=C(CCC1CCC(OC(C)C)CC1)N1CCN(C(C)C)CC1. The van der Waals surface area contributed by atoms with Gasteiger partial charge in [-0.2, -0.15) is 0 Å². The summed E-state index contributed by atoms with van der Waals surface area (Å²) in [4.78, 5) is 5.09. The van der Waals surface area contributed by atoms with Crippen LogP contribution in [0.15, 0.2) is 12.3 Å². The fraction of sp³-hybridized carbons (Fsp3) is 0.900. The summed E-state index contributed by atoms with van der Waals surface area (Å²) in [6, 6.07) is 0.675. The predicted molar refractivity (Wildman–Crippen MR) is 98.6 cm³/mol. The van der Waals surface area contributed by atoms with Crippen molar-refractivity contribution in [1.29, 1.82) is 0 Å². The van der Waals surface area contributed by atoms with Gasteiger partial charge in [0.05, 0.1) is 12.2 Å². The maximum atomic E-state index is 5.96. The third-order valence-electron chi connectivity index (χ3n) is 5.59. The van der Waals surface area contributed by atoms with E-state index >= 15 is 0 Å². The molecule has 0 aromatic heterocycles. The van der Waals surface area contributed by atoms with E-state index in [2.05, 4.69) is 44.1 Å². The second-order valence-corrected chi connectivity index (χ2v) is 8.05. The van der Waals surface area contributed by atoms with E-state index in [4.69, 9.17) is 4.74 Å². The molecule has 0 spiro atoms. The van der Waals surface area contributed by atoms with Crippen molar-refractivity contribution in [3.05, 3.63) is 12.3 Å². The van der Waals surface area contributed by atoms with Crippen LogP contribution in [-0.2, 0) is 4.74 Å². The summed E-state index contributed by atoms with van der Waals surface area (Å²) in [5.74, 6) is 0.885. The lowest BCUT2D eigenvalue weighted by atomic mass is 9.84. The summed E-state index contributed by atoms with van der Waals surface area (Å²) >= 11 is 0. The van der Waals surface area contributed by atoms with Crippen LogP contribution in [0.2, 0.25) is 0 Å². The lowest BCUT2D eigenvalue weighted by Crippen LogP contribution is -2.48. The molecule has 1 aliphatic carbocycles. The number of hydrogen-bond acceptors (Lipinski definition) is 3. The fourth-order valence-corrected chi connectivity index (χ4v) is 4.02. The highest BCUT2D eigenvalue weighted by atomic mass is 16.5. The number of allylic oxidation sites excluding steroid dienone is 1. The first kappa shape index (κ1) is 18.8. The van der Waals surface area contributed by atoms with E-state index in [1.54, 1.807) is 0 Å². The molecule has 2 aliphatic rings. The minimum absolute atomic E-state index is 0.376. The van der Waals surface area contributed by atoms with Crippen molar-refractivity contribution in [2.75, 3.05) is 26.2 Å². The van der Waals surface area contributed by atoms with Gasteiger partial charge in [0.2, 0.25) is 0 Å². The molecule has 2 fully saturated rings. The number of piperazine rings is 1. The Labute approximate surface area is 144 Å². The zero-order chi connectivity index (χ0) is 16.8. The lowest BCUT2D eigenvalue weighted by Gasteiger charge is -2.39. The zero-order valence-electron chi connectivity index (χ0n) is 15.9. The normalized spacial score (nSPS) is 27.0. The van der Waals surface area contributed by atoms with Crippen molar-refractivity contribution >= 4 is 0 Å². The molecule has 1 saturated heterocycles. The molecule has 0 bridgehead atoms. The minimum Gasteiger partial charge on any atom is -0.376 e. The van der Waals surface area contributed by atoms with Crippen LogP contribution < -0.4 is 0 Å². The summed E-state index contributed by atoms with van der Waals surface area (Å²) in [7, 11) is 0. The van der Waals surface area contributed by atoms with Crippen LogP contribution in [0.1, 0.15) is 66.2 Å². The van der Waals surface area contributed by atoms with Crippen molar-refractivity contribution in [2.24, 2.45) is 5.92 Å². The van der Waals surface area contributed by atoms with E-state index in [1.807, 2.05) is 0 Å². The van der Waals surface area contributed by atoms with Gasteiger partial charge in [-0.05, 0) is 72.1 Å². The lowest BCUT2D eigenvalue weighted by molar-refractivity contribution is -0.0202. The average molecular weight is 323 g/mol. The van der Waals surface area contributed by atoms with Gasteiger partial charge in [0.25, 0.3) is 0 Å². The molecule has 23 heavy (non-hydrogen) atoms. The molecular weight excluding hydrogens is 284 g/mol. The van der Waals surface area contributed by atoms with Crippen LogP contribution in [0.4, 0.5) is 0 Å². The smallest absolute Gasteiger partial charge is 0.0578 e. The first-order chi connectivity index (χ1) is 11.0. The largest absolute Gasteiger partial charge is 0.376 e. The monoisotopic (exact) mass is 322 g/mol. The Bertz CT molecular complexity index is 351. The molecule has 3 nitrogen and oxygen atoms in total. The molecule has 0 unspecified atom stereocenters. The molecule has 0 aromatic carbocycles. The topological polar surface area (TPSA) is 15.7 Å². The Balaban J connectivity index is 1.62. The molecule has 1 heterocycles. The van der Waals surface area contributed by atoms with Gasteiger partial charge in [-0.1, -0.05) is 6.58 Å². The van der Waals surface area contributed by atoms with Gasteiger partial charge in [-0.25, -0.2) is 0 Å². The highest BCUT2D eigenvalue weighted by Gasteiger charge is 2.24. The van der Waals surface area contributed by atoms with Gasteiger partial charge >= 0.3 is 0 Å². The summed E-state index contributed by atoms with van der Waals surface area (Å²) in [5, 5.41) is 0. The van der Waals surface area contributed by atoms with Crippen LogP contribution in [0, 0.1) is 5.92 Å². The second kappa shape index (κ2) is 9.08. The van der Waals surface area contributed by atoms with Gasteiger partial charge in [0.15, 0.2) is 0 Å². The number of nitrogens with zero attached hydrogens (tertiary/aromatic N) is 2. The molecule has 0 N–H and O–H groups in total. The molecule has 134 valence electrons. The quantitative estimate of drug-likeness (QED) is 0.695. The van der Waals surface area contributed by atoms with E-state index in [9.17, 15) is 0 Å². The van der Waals surface area contributed by atoms with Crippen LogP contribution in [0.5, 0.6) is 0 Å². The van der Waals surface area contributed by atoms with Gasteiger partial charge in [0.1, 0.15) is 0 Å². The Morgan fingerprint density at radius 1 is 1.00 bits per heavy atom. The van der Waals surface area contributed by atoms with Crippen LogP contribution in [-0.4, -0.2) is 54.2 Å². The number of hydrogen-bond donors (Lipinski definition) is 0. The maximum Gasteiger partial charge on any atom is 0.0578 e. The Morgan fingerprint density at radius 3 is 2.13 bits per heavy atom. The first-order valence-electron chi connectivity index (χ1n) is 9.78. The van der Waals surface area contributed by atoms with Gasteiger partial charge in [0, 0.05) is 37.9 Å². The van der Waals surface area contributed by atoms with E-state index < -0.39 is 0 Å². The molecule has 3 heteroatoms. The number of rotatable bonds is 7. The van der Waals surface area contributed by atoms with Gasteiger partial charge in [-0.3, -0.25) is 4.90 Å². The second-order valence-electron chi connectivity index (χ2n) is 8.05. The summed E-state index contributed by atoms with van der Waals surface area (Å²) in [6.07, 6.45) is 8.57. The van der Waals surface area contributed by atoms with E-state index in [0.717, 1.165) is 19.0 Å². The summed E-state index contributed by atoms with van der Waals surface area (Å²) in [6.45, 7) is 18.0.